The van der Waals surface area contributed by atoms with E-state index in [1.807, 2.05) is 0 Å². The van der Waals surface area contributed by atoms with Crippen molar-refractivity contribution in [2.45, 2.75) is 177 Å². The third-order valence-electron chi connectivity index (χ3n) is 9.58. The fraction of sp³-hybridized carbons (Fsp3) is 0.833. The first kappa shape index (κ1) is 32.3. The molecule has 0 amide bonds. The van der Waals surface area contributed by atoms with Gasteiger partial charge < -0.3 is 14.2 Å². The Kier molecular flexibility index (Phi) is 12.5. The van der Waals surface area contributed by atoms with Gasteiger partial charge in [-0.05, 0) is 81.8 Å². The predicted octanol–water partition coefficient (Wildman–Crippen LogP) is 11.2. The van der Waals surface area contributed by atoms with Crippen LogP contribution >= 0.6 is 0 Å². The Balaban J connectivity index is 1.56. The second-order valence-corrected chi connectivity index (χ2v) is 14.0. The molecular formula is C36H62O3. The first-order valence-electron chi connectivity index (χ1n) is 16.8. The zero-order valence-electron chi connectivity index (χ0n) is 27.2. The van der Waals surface area contributed by atoms with E-state index >= 15 is 0 Å². The number of fused-ring (bicyclic) bond motifs is 3. The Morgan fingerprint density at radius 2 is 1.38 bits per heavy atom. The Labute approximate surface area is 242 Å². The summed E-state index contributed by atoms with van der Waals surface area (Å²) in [6.07, 6.45) is 18.3. The fourth-order valence-corrected chi connectivity index (χ4v) is 6.82. The van der Waals surface area contributed by atoms with Crippen molar-refractivity contribution in [3.8, 4) is 11.5 Å². The molecule has 3 nitrogen and oxygen atoms in total. The van der Waals surface area contributed by atoms with Crippen LogP contribution in [0.2, 0.25) is 0 Å². The van der Waals surface area contributed by atoms with Crippen LogP contribution in [0.5, 0.6) is 11.5 Å². The van der Waals surface area contributed by atoms with Crippen molar-refractivity contribution < 1.29 is 14.2 Å². The summed E-state index contributed by atoms with van der Waals surface area (Å²) in [5, 5.41) is 0. The molecule has 0 spiro atoms. The lowest BCUT2D eigenvalue weighted by molar-refractivity contribution is -0.147. The largest absolute Gasteiger partial charge is 0.487 e. The van der Waals surface area contributed by atoms with Gasteiger partial charge in [-0.3, -0.25) is 0 Å². The monoisotopic (exact) mass is 542 g/mol. The second kappa shape index (κ2) is 15.1. The third-order valence-corrected chi connectivity index (χ3v) is 9.58. The number of rotatable bonds is 16. The highest BCUT2D eigenvalue weighted by Crippen LogP contribution is 2.51. The summed E-state index contributed by atoms with van der Waals surface area (Å²) in [5.74, 6) is 4.75. The lowest BCUT2D eigenvalue weighted by Gasteiger charge is -2.42. The van der Waals surface area contributed by atoms with Gasteiger partial charge in [0.15, 0.2) is 0 Å². The SMILES string of the molecule is CCCC1Oc2c(C)c(C)c3c(c2C(CCC)O1)CC[C@@](C)(CCC[C@H](C)CCC[C@H](C)CCCC(C)C)O3. The quantitative estimate of drug-likeness (QED) is 0.208. The van der Waals surface area contributed by atoms with E-state index in [1.54, 1.807) is 0 Å². The number of hydrogen-bond donors (Lipinski definition) is 0. The van der Waals surface area contributed by atoms with Crippen molar-refractivity contribution >= 4 is 0 Å². The highest BCUT2D eigenvalue weighted by Gasteiger charge is 2.39. The molecule has 2 aliphatic heterocycles. The van der Waals surface area contributed by atoms with Gasteiger partial charge in [0.1, 0.15) is 17.1 Å². The summed E-state index contributed by atoms with van der Waals surface area (Å²) in [7, 11) is 0. The molecule has 39 heavy (non-hydrogen) atoms. The smallest absolute Gasteiger partial charge is 0.200 e. The van der Waals surface area contributed by atoms with Gasteiger partial charge >= 0.3 is 0 Å². The van der Waals surface area contributed by atoms with Gasteiger partial charge in [-0.25, -0.2) is 0 Å². The van der Waals surface area contributed by atoms with E-state index in [0.717, 1.165) is 74.2 Å². The van der Waals surface area contributed by atoms with Gasteiger partial charge in [0.25, 0.3) is 0 Å². The lowest BCUT2D eigenvalue weighted by Crippen LogP contribution is -2.38. The molecule has 2 heterocycles. The Morgan fingerprint density at radius 3 is 2.00 bits per heavy atom. The van der Waals surface area contributed by atoms with Crippen molar-refractivity contribution in [1.82, 2.24) is 0 Å². The minimum atomic E-state index is -0.125. The Bertz CT molecular complexity index is 890. The molecule has 0 saturated carbocycles. The zero-order chi connectivity index (χ0) is 28.6. The predicted molar refractivity (Wildman–Crippen MR) is 166 cm³/mol. The topological polar surface area (TPSA) is 27.7 Å². The van der Waals surface area contributed by atoms with Crippen LogP contribution in [0.4, 0.5) is 0 Å². The molecule has 1 aromatic rings. The van der Waals surface area contributed by atoms with Crippen LogP contribution in [-0.2, 0) is 11.2 Å². The van der Waals surface area contributed by atoms with E-state index in [2.05, 4.69) is 62.3 Å². The Morgan fingerprint density at radius 1 is 0.795 bits per heavy atom. The molecule has 0 fully saturated rings. The lowest BCUT2D eigenvalue weighted by atomic mass is 9.82. The molecule has 0 aliphatic carbocycles. The molecule has 3 rings (SSSR count). The van der Waals surface area contributed by atoms with Gasteiger partial charge in [-0.2, -0.15) is 0 Å². The first-order valence-corrected chi connectivity index (χ1v) is 16.8. The summed E-state index contributed by atoms with van der Waals surface area (Å²) in [5.41, 5.74) is 5.07. The van der Waals surface area contributed by atoms with Gasteiger partial charge in [0, 0.05) is 17.5 Å². The van der Waals surface area contributed by atoms with Crippen molar-refractivity contribution in [2.75, 3.05) is 0 Å². The number of hydrogen-bond acceptors (Lipinski definition) is 3. The second-order valence-electron chi connectivity index (χ2n) is 14.0. The molecule has 5 atom stereocenters. The Hall–Kier alpha value is -1.22. The minimum Gasteiger partial charge on any atom is -0.487 e. The molecule has 1 aromatic carbocycles. The molecule has 0 radical (unpaired) electrons. The van der Waals surface area contributed by atoms with E-state index in [0.29, 0.717) is 0 Å². The zero-order valence-corrected chi connectivity index (χ0v) is 27.2. The van der Waals surface area contributed by atoms with E-state index in [-0.39, 0.29) is 18.0 Å². The standard InChI is InChI=1S/C36H62O3/c1-10-15-31-33-30-22-24-36(9,23-14-21-27(6)20-13-19-26(5)18-12-17-25(3)4)39-34(30)28(7)29(8)35(33)38-32(37-31)16-11-2/h25-27,31-32H,10-24H2,1-9H3/t26-,27-,31?,32?,36-/m1/s1. The summed E-state index contributed by atoms with van der Waals surface area (Å²) in [6, 6.07) is 0. The van der Waals surface area contributed by atoms with Gasteiger partial charge in [-0.1, -0.05) is 99.3 Å². The summed E-state index contributed by atoms with van der Waals surface area (Å²) >= 11 is 0. The highest BCUT2D eigenvalue weighted by atomic mass is 16.7. The van der Waals surface area contributed by atoms with E-state index in [4.69, 9.17) is 14.2 Å². The van der Waals surface area contributed by atoms with Crippen LogP contribution in [0, 0.1) is 31.6 Å². The van der Waals surface area contributed by atoms with Gasteiger partial charge in [0.2, 0.25) is 6.29 Å². The molecule has 0 bridgehead atoms. The normalized spacial score (nSPS) is 24.1. The highest BCUT2D eigenvalue weighted by molar-refractivity contribution is 5.60. The van der Waals surface area contributed by atoms with Crippen molar-refractivity contribution in [2.24, 2.45) is 17.8 Å². The molecule has 2 unspecified atom stereocenters. The minimum absolute atomic E-state index is 0.0789. The van der Waals surface area contributed by atoms with Gasteiger partial charge in [-0.15, -0.1) is 0 Å². The molecule has 0 aromatic heterocycles. The fourth-order valence-electron chi connectivity index (χ4n) is 6.82. The summed E-state index contributed by atoms with van der Waals surface area (Å²) < 4.78 is 19.9. The average Bonchev–Trinajstić information content (AvgIpc) is 2.87. The maximum atomic E-state index is 6.94. The van der Waals surface area contributed by atoms with Crippen LogP contribution in [0.3, 0.4) is 0 Å². The van der Waals surface area contributed by atoms with E-state index in [1.165, 1.54) is 73.6 Å². The van der Waals surface area contributed by atoms with E-state index in [9.17, 15) is 0 Å². The number of ether oxygens (including phenoxy) is 3. The molecule has 0 N–H and O–H groups in total. The van der Waals surface area contributed by atoms with Crippen molar-refractivity contribution in [1.29, 1.82) is 0 Å². The van der Waals surface area contributed by atoms with Crippen LogP contribution < -0.4 is 9.47 Å². The molecule has 224 valence electrons. The first-order chi connectivity index (χ1) is 18.6. The molecule has 2 aliphatic rings. The maximum absolute atomic E-state index is 6.94. The molecular weight excluding hydrogens is 480 g/mol. The van der Waals surface area contributed by atoms with Crippen LogP contribution in [0.25, 0.3) is 0 Å². The number of benzene rings is 1. The summed E-state index contributed by atoms with van der Waals surface area (Å²) in [6.45, 7) is 20.9. The van der Waals surface area contributed by atoms with Crippen LogP contribution in [0.1, 0.15) is 167 Å². The average molecular weight is 543 g/mol. The summed E-state index contributed by atoms with van der Waals surface area (Å²) in [4.78, 5) is 0. The van der Waals surface area contributed by atoms with Crippen molar-refractivity contribution in [3.05, 3.63) is 22.3 Å². The maximum Gasteiger partial charge on any atom is 0.200 e. The van der Waals surface area contributed by atoms with E-state index < -0.39 is 0 Å². The van der Waals surface area contributed by atoms with Crippen molar-refractivity contribution in [3.63, 3.8) is 0 Å². The van der Waals surface area contributed by atoms with Crippen LogP contribution in [-0.4, -0.2) is 11.9 Å². The third kappa shape index (κ3) is 8.88. The van der Waals surface area contributed by atoms with Gasteiger partial charge in [0.05, 0.1) is 6.10 Å². The molecule has 0 saturated heterocycles. The van der Waals surface area contributed by atoms with Crippen LogP contribution in [0.15, 0.2) is 0 Å². The molecule has 3 heteroatoms.